The number of aromatic nitrogens is 1. The van der Waals surface area contributed by atoms with Gasteiger partial charge < -0.3 is 10.4 Å². The van der Waals surface area contributed by atoms with Gasteiger partial charge >= 0.3 is 0 Å². The molecule has 1 aromatic heterocycles. The minimum absolute atomic E-state index is 0.831. The molecule has 0 amide bonds. The molecule has 1 unspecified atom stereocenters. The number of pyridine rings is 1. The van der Waals surface area contributed by atoms with Gasteiger partial charge in [-0.3, -0.25) is 4.98 Å². The van der Waals surface area contributed by atoms with E-state index in [1.807, 2.05) is 30.4 Å². The predicted molar refractivity (Wildman–Crippen MR) is 55.1 cm³/mol. The summed E-state index contributed by atoms with van der Waals surface area (Å²) < 4.78 is 0. The summed E-state index contributed by atoms with van der Waals surface area (Å²) in [5, 5.41) is 12.7. The Morgan fingerprint density at radius 3 is 2.93 bits per heavy atom. The number of nitrogens with one attached hydrogen (secondary N) is 1. The van der Waals surface area contributed by atoms with Gasteiger partial charge in [-0.25, -0.2) is 0 Å². The quantitative estimate of drug-likeness (QED) is 0.698. The van der Waals surface area contributed by atoms with Crippen molar-refractivity contribution in [3.05, 3.63) is 48.3 Å². The van der Waals surface area contributed by atoms with Crippen LogP contribution >= 0.6 is 0 Å². The summed E-state index contributed by atoms with van der Waals surface area (Å²) >= 11 is 0. The molecule has 0 aliphatic carbocycles. The fourth-order valence-electron chi connectivity index (χ4n) is 1.36. The van der Waals surface area contributed by atoms with E-state index in [9.17, 15) is 5.11 Å². The van der Waals surface area contributed by atoms with Crippen molar-refractivity contribution in [3.8, 4) is 0 Å². The molecule has 3 nitrogen and oxygen atoms in total. The lowest BCUT2D eigenvalue weighted by Crippen LogP contribution is -2.40. The number of dihydropyridines is 1. The molecule has 2 rings (SSSR count). The van der Waals surface area contributed by atoms with Gasteiger partial charge in [0.15, 0.2) is 5.72 Å². The second-order valence-corrected chi connectivity index (χ2v) is 3.43. The summed E-state index contributed by atoms with van der Waals surface area (Å²) in [6.45, 7) is 1.69. The molecule has 1 aliphatic heterocycles. The number of allylic oxidation sites excluding steroid dienone is 2. The van der Waals surface area contributed by atoms with Crippen molar-refractivity contribution in [3.63, 3.8) is 0 Å². The Balaban J connectivity index is 2.30. The van der Waals surface area contributed by atoms with Crippen molar-refractivity contribution in [2.24, 2.45) is 0 Å². The maximum atomic E-state index is 9.74. The van der Waals surface area contributed by atoms with E-state index in [1.54, 1.807) is 19.2 Å². The lowest BCUT2D eigenvalue weighted by molar-refractivity contribution is 0.0917. The maximum Gasteiger partial charge on any atom is 0.152 e. The third-order valence-corrected chi connectivity index (χ3v) is 2.01. The van der Waals surface area contributed by atoms with Crippen molar-refractivity contribution in [1.29, 1.82) is 0 Å². The molecule has 2 N–H and O–H groups in total. The number of rotatable bonds is 1. The molecule has 14 heavy (non-hydrogen) atoms. The van der Waals surface area contributed by atoms with E-state index in [2.05, 4.69) is 10.3 Å². The Morgan fingerprint density at radius 1 is 1.43 bits per heavy atom. The van der Waals surface area contributed by atoms with Crippen molar-refractivity contribution < 1.29 is 5.11 Å². The lowest BCUT2D eigenvalue weighted by atomic mass is 10.1. The molecular weight excluding hydrogens is 176 g/mol. The van der Waals surface area contributed by atoms with Gasteiger partial charge in [-0.15, -0.1) is 0 Å². The van der Waals surface area contributed by atoms with Crippen molar-refractivity contribution >= 4 is 5.70 Å². The zero-order valence-electron chi connectivity index (χ0n) is 7.94. The first kappa shape index (κ1) is 8.97. The first-order chi connectivity index (χ1) is 6.67. The topological polar surface area (TPSA) is 45.2 Å². The zero-order valence-corrected chi connectivity index (χ0v) is 7.94. The van der Waals surface area contributed by atoms with Crippen molar-refractivity contribution in [1.82, 2.24) is 10.3 Å². The fraction of sp³-hybridized carbons (Fsp3) is 0.182. The summed E-state index contributed by atoms with van der Waals surface area (Å²) in [5.41, 5.74) is 0.678. The van der Waals surface area contributed by atoms with Gasteiger partial charge in [0.25, 0.3) is 0 Å². The van der Waals surface area contributed by atoms with Crippen LogP contribution in [-0.4, -0.2) is 15.8 Å². The highest BCUT2D eigenvalue weighted by molar-refractivity contribution is 5.64. The van der Waals surface area contributed by atoms with Crippen LogP contribution in [0, 0.1) is 0 Å². The Labute approximate surface area is 82.8 Å². The van der Waals surface area contributed by atoms with Crippen molar-refractivity contribution in [2.75, 3.05) is 0 Å². The monoisotopic (exact) mass is 188 g/mol. The molecule has 1 aromatic rings. The zero-order chi connectivity index (χ0) is 10.0. The van der Waals surface area contributed by atoms with Crippen LogP contribution in [-0.2, 0) is 0 Å². The highest BCUT2D eigenvalue weighted by atomic mass is 16.3. The van der Waals surface area contributed by atoms with Gasteiger partial charge in [0, 0.05) is 6.20 Å². The predicted octanol–water partition coefficient (Wildman–Crippen LogP) is 1.29. The number of hydrogen-bond donors (Lipinski definition) is 2. The number of nitrogens with zero attached hydrogens (tertiary/aromatic N) is 1. The molecule has 0 bridgehead atoms. The molecule has 0 radical (unpaired) electrons. The summed E-state index contributed by atoms with van der Waals surface area (Å²) in [6, 6.07) is 5.67. The van der Waals surface area contributed by atoms with Gasteiger partial charge in [-0.2, -0.15) is 0 Å². The van der Waals surface area contributed by atoms with Gasteiger partial charge in [-0.05, 0) is 31.2 Å². The van der Waals surface area contributed by atoms with Gasteiger partial charge in [0.2, 0.25) is 0 Å². The third kappa shape index (κ3) is 1.83. The highest BCUT2D eigenvalue weighted by Gasteiger charge is 2.20. The van der Waals surface area contributed by atoms with Crippen LogP contribution in [0.15, 0.2) is 42.6 Å². The molecule has 0 spiro atoms. The van der Waals surface area contributed by atoms with E-state index in [1.165, 1.54) is 0 Å². The van der Waals surface area contributed by atoms with E-state index >= 15 is 0 Å². The lowest BCUT2D eigenvalue weighted by Gasteiger charge is -2.26. The van der Waals surface area contributed by atoms with Crippen LogP contribution in [0.4, 0.5) is 0 Å². The average Bonchev–Trinajstić information content (AvgIpc) is 2.18. The normalized spacial score (nSPS) is 25.4. The van der Waals surface area contributed by atoms with E-state index in [4.69, 9.17) is 0 Å². The van der Waals surface area contributed by atoms with Crippen LogP contribution in [0.2, 0.25) is 0 Å². The minimum atomic E-state index is -0.985. The molecule has 0 saturated carbocycles. The Kier molecular flexibility index (Phi) is 2.09. The Morgan fingerprint density at radius 2 is 2.29 bits per heavy atom. The standard InChI is InChI=1S/C11H12N2O/c1-11(14)7-4-6-10(13-11)9-5-2-3-8-12-9/h2-8,13-14H,1H3. The average molecular weight is 188 g/mol. The van der Waals surface area contributed by atoms with Gasteiger partial charge in [0.05, 0.1) is 11.4 Å². The molecule has 2 heterocycles. The van der Waals surface area contributed by atoms with Crippen LogP contribution < -0.4 is 5.32 Å². The molecule has 1 aliphatic rings. The summed E-state index contributed by atoms with van der Waals surface area (Å²) in [5.74, 6) is 0. The molecule has 0 fully saturated rings. The number of aliphatic hydroxyl groups is 1. The molecule has 0 aromatic carbocycles. The minimum Gasteiger partial charge on any atom is -0.368 e. The number of hydrogen-bond acceptors (Lipinski definition) is 3. The molecule has 1 atom stereocenters. The van der Waals surface area contributed by atoms with E-state index < -0.39 is 5.72 Å². The third-order valence-electron chi connectivity index (χ3n) is 2.01. The second-order valence-electron chi connectivity index (χ2n) is 3.43. The van der Waals surface area contributed by atoms with Crippen LogP contribution in [0.1, 0.15) is 12.6 Å². The first-order valence-electron chi connectivity index (χ1n) is 4.49. The Bertz CT molecular complexity index is 380. The van der Waals surface area contributed by atoms with E-state index in [0.29, 0.717) is 0 Å². The second kappa shape index (κ2) is 3.27. The fourth-order valence-corrected chi connectivity index (χ4v) is 1.36. The summed E-state index contributed by atoms with van der Waals surface area (Å²) in [7, 11) is 0. The van der Waals surface area contributed by atoms with Crippen LogP contribution in [0.3, 0.4) is 0 Å². The SMILES string of the molecule is CC1(O)C=CC=C(c2ccccn2)N1. The molecule has 72 valence electrons. The highest BCUT2D eigenvalue weighted by Crippen LogP contribution is 2.17. The Hall–Kier alpha value is -1.61. The summed E-state index contributed by atoms with van der Waals surface area (Å²) in [6.07, 6.45) is 7.13. The van der Waals surface area contributed by atoms with E-state index in [-0.39, 0.29) is 0 Å². The molecule has 0 saturated heterocycles. The molecule has 3 heteroatoms. The summed E-state index contributed by atoms with van der Waals surface area (Å²) in [4.78, 5) is 4.19. The smallest absolute Gasteiger partial charge is 0.152 e. The molecular formula is C11H12N2O. The van der Waals surface area contributed by atoms with Gasteiger partial charge in [-0.1, -0.05) is 12.1 Å². The van der Waals surface area contributed by atoms with Crippen molar-refractivity contribution in [2.45, 2.75) is 12.6 Å². The van der Waals surface area contributed by atoms with Gasteiger partial charge in [0.1, 0.15) is 0 Å². The van der Waals surface area contributed by atoms with Crippen LogP contribution in [0.5, 0.6) is 0 Å². The maximum absolute atomic E-state index is 9.74. The largest absolute Gasteiger partial charge is 0.368 e. The van der Waals surface area contributed by atoms with E-state index in [0.717, 1.165) is 11.4 Å². The van der Waals surface area contributed by atoms with Crippen LogP contribution in [0.25, 0.3) is 5.70 Å². The first-order valence-corrected chi connectivity index (χ1v) is 4.49.